The maximum Gasteiger partial charge on any atom is 0.121 e. The van der Waals surface area contributed by atoms with E-state index in [9.17, 15) is 0 Å². The molecule has 1 saturated heterocycles. The summed E-state index contributed by atoms with van der Waals surface area (Å²) in [6.45, 7) is 4.32. The van der Waals surface area contributed by atoms with Crippen molar-refractivity contribution in [3.05, 3.63) is 71.3 Å². The van der Waals surface area contributed by atoms with Gasteiger partial charge in [-0.3, -0.25) is 10.4 Å². The first-order chi connectivity index (χ1) is 12.9. The summed E-state index contributed by atoms with van der Waals surface area (Å²) in [5, 5.41) is 4.70. The predicted octanol–water partition coefficient (Wildman–Crippen LogP) is 3.47. The second-order valence-corrected chi connectivity index (χ2v) is 7.00. The molecular formula is C22H26N4. The summed E-state index contributed by atoms with van der Waals surface area (Å²) in [6.07, 6.45) is 4.83. The Kier molecular flexibility index (Phi) is 5.41. The van der Waals surface area contributed by atoms with Crippen LogP contribution in [0.3, 0.4) is 0 Å². The molecule has 0 aliphatic carbocycles. The molecule has 4 heteroatoms. The topological polar surface area (TPSA) is 40.0 Å². The van der Waals surface area contributed by atoms with Crippen molar-refractivity contribution in [1.29, 1.82) is 0 Å². The molecule has 2 heterocycles. The third-order valence-corrected chi connectivity index (χ3v) is 5.14. The largest absolute Gasteiger partial charge is 0.301 e. The number of rotatable bonds is 4. The van der Waals surface area contributed by atoms with Crippen molar-refractivity contribution < 1.29 is 0 Å². The van der Waals surface area contributed by atoms with Crippen molar-refractivity contribution >= 4 is 11.5 Å². The molecule has 2 aromatic carbocycles. The number of nitrogens with zero attached hydrogens (tertiary/aromatic N) is 3. The molecule has 134 valence electrons. The van der Waals surface area contributed by atoms with Crippen LogP contribution in [0, 0.1) is 0 Å². The van der Waals surface area contributed by atoms with Crippen molar-refractivity contribution in [3.63, 3.8) is 0 Å². The molecule has 0 atom stereocenters. The Morgan fingerprint density at radius 3 is 2.54 bits per heavy atom. The zero-order valence-corrected chi connectivity index (χ0v) is 15.2. The van der Waals surface area contributed by atoms with Gasteiger partial charge in [-0.2, -0.15) is 5.10 Å². The Morgan fingerprint density at radius 2 is 1.69 bits per heavy atom. The molecule has 0 spiro atoms. The number of hydrazone groups is 1. The number of likely N-dealkylation sites (tertiary alicyclic amines) is 1. The van der Waals surface area contributed by atoms with Gasteiger partial charge in [-0.1, -0.05) is 61.0 Å². The molecule has 0 unspecified atom stereocenters. The first kappa shape index (κ1) is 17.0. The van der Waals surface area contributed by atoms with Crippen molar-refractivity contribution in [3.8, 4) is 0 Å². The van der Waals surface area contributed by atoms with Crippen molar-refractivity contribution in [2.45, 2.75) is 25.7 Å². The maximum atomic E-state index is 4.82. The molecule has 4 nitrogen and oxygen atoms in total. The minimum atomic E-state index is 0.802. The molecule has 0 saturated carbocycles. The third-order valence-electron chi connectivity index (χ3n) is 5.14. The lowest BCUT2D eigenvalue weighted by Crippen LogP contribution is -2.32. The Balaban J connectivity index is 1.53. The minimum absolute atomic E-state index is 0.802. The monoisotopic (exact) mass is 346 g/mol. The van der Waals surface area contributed by atoms with E-state index < -0.39 is 0 Å². The molecule has 4 rings (SSSR count). The number of nitrogens with one attached hydrogen (secondary N) is 1. The van der Waals surface area contributed by atoms with E-state index in [1.54, 1.807) is 0 Å². The quantitative estimate of drug-likeness (QED) is 0.921. The average Bonchev–Trinajstić information content (AvgIpc) is 2.89. The van der Waals surface area contributed by atoms with Crippen LogP contribution in [0.1, 0.15) is 36.0 Å². The van der Waals surface area contributed by atoms with Crippen molar-refractivity contribution in [2.75, 3.05) is 26.2 Å². The van der Waals surface area contributed by atoms with Gasteiger partial charge in [0.25, 0.3) is 0 Å². The lowest BCUT2D eigenvalue weighted by Gasteiger charge is -2.25. The van der Waals surface area contributed by atoms with E-state index in [-0.39, 0.29) is 0 Å². The van der Waals surface area contributed by atoms with Crippen LogP contribution in [0.4, 0.5) is 0 Å². The molecule has 0 bridgehead atoms. The zero-order valence-electron chi connectivity index (χ0n) is 15.2. The average molecular weight is 346 g/mol. The Labute approximate surface area is 155 Å². The molecule has 2 aromatic rings. The van der Waals surface area contributed by atoms with Crippen LogP contribution in [-0.2, 0) is 6.42 Å². The van der Waals surface area contributed by atoms with Crippen LogP contribution in [0.2, 0.25) is 0 Å². The molecule has 1 N–H and O–H groups in total. The summed E-state index contributed by atoms with van der Waals surface area (Å²) in [4.78, 5) is 7.35. The second kappa shape index (κ2) is 8.28. The van der Waals surface area contributed by atoms with E-state index >= 15 is 0 Å². The third kappa shape index (κ3) is 4.02. The van der Waals surface area contributed by atoms with Gasteiger partial charge in [0.15, 0.2) is 0 Å². The lowest BCUT2D eigenvalue weighted by atomic mass is 9.96. The van der Waals surface area contributed by atoms with Crippen LogP contribution in [-0.4, -0.2) is 42.6 Å². The van der Waals surface area contributed by atoms with E-state index in [0.717, 1.165) is 36.6 Å². The highest BCUT2D eigenvalue weighted by Gasteiger charge is 2.17. The van der Waals surface area contributed by atoms with Crippen LogP contribution in [0.15, 0.2) is 64.7 Å². The van der Waals surface area contributed by atoms with Crippen molar-refractivity contribution in [2.24, 2.45) is 10.1 Å². The van der Waals surface area contributed by atoms with Gasteiger partial charge in [-0.05, 0) is 31.5 Å². The standard InChI is InChI=1S/C22H26N4/c1-3-9-18(10-4-1)22-20-12-6-5-11-19(20)17-21(24-25-22)23-13-16-26-14-7-2-8-15-26/h1,3-6,9-12H,2,7-8,13-17H2,(H,23,24). The highest BCUT2D eigenvalue weighted by molar-refractivity contribution is 6.15. The van der Waals surface area contributed by atoms with Gasteiger partial charge in [0.05, 0.1) is 12.3 Å². The number of fused-ring (bicyclic) bond motifs is 1. The van der Waals surface area contributed by atoms with E-state index in [1.165, 1.54) is 43.5 Å². The minimum Gasteiger partial charge on any atom is -0.301 e. The van der Waals surface area contributed by atoms with E-state index in [4.69, 9.17) is 10.1 Å². The molecule has 1 fully saturated rings. The summed E-state index contributed by atoms with van der Waals surface area (Å²) in [6, 6.07) is 18.9. The van der Waals surface area contributed by atoms with Gasteiger partial charge in [0.1, 0.15) is 5.84 Å². The van der Waals surface area contributed by atoms with Crippen molar-refractivity contribution in [1.82, 2.24) is 10.3 Å². The fourth-order valence-electron chi connectivity index (χ4n) is 3.72. The highest BCUT2D eigenvalue weighted by Crippen LogP contribution is 2.18. The summed E-state index contributed by atoms with van der Waals surface area (Å²) in [7, 11) is 0. The lowest BCUT2D eigenvalue weighted by molar-refractivity contribution is 0.235. The van der Waals surface area contributed by atoms with Gasteiger partial charge in [-0.15, -0.1) is 0 Å². The summed E-state index contributed by atoms with van der Waals surface area (Å²) in [5.41, 5.74) is 7.81. The molecule has 0 amide bonds. The Morgan fingerprint density at radius 1 is 0.923 bits per heavy atom. The fourth-order valence-corrected chi connectivity index (χ4v) is 3.72. The van der Waals surface area contributed by atoms with Gasteiger partial charge in [-0.25, -0.2) is 0 Å². The van der Waals surface area contributed by atoms with E-state index in [2.05, 4.69) is 58.9 Å². The summed E-state index contributed by atoms with van der Waals surface area (Å²) in [5.74, 6) is 0.959. The molecule has 0 radical (unpaired) electrons. The molecule has 2 aliphatic heterocycles. The first-order valence-electron chi connectivity index (χ1n) is 9.63. The fraction of sp³-hybridized carbons (Fsp3) is 0.364. The van der Waals surface area contributed by atoms with Crippen LogP contribution < -0.4 is 5.43 Å². The number of piperidine rings is 1. The van der Waals surface area contributed by atoms with Crippen LogP contribution >= 0.6 is 0 Å². The van der Waals surface area contributed by atoms with Gasteiger partial charge < -0.3 is 4.90 Å². The van der Waals surface area contributed by atoms with Crippen LogP contribution in [0.5, 0.6) is 0 Å². The molecule has 2 aliphatic rings. The summed E-state index contributed by atoms with van der Waals surface area (Å²) >= 11 is 0. The molecule has 0 aromatic heterocycles. The predicted molar refractivity (Wildman–Crippen MR) is 108 cm³/mol. The van der Waals surface area contributed by atoms with Gasteiger partial charge >= 0.3 is 0 Å². The number of hydrogen-bond donors (Lipinski definition) is 1. The smallest absolute Gasteiger partial charge is 0.121 e. The van der Waals surface area contributed by atoms with Crippen LogP contribution in [0.25, 0.3) is 0 Å². The van der Waals surface area contributed by atoms with E-state index in [1.807, 2.05) is 6.07 Å². The van der Waals surface area contributed by atoms with Gasteiger partial charge in [0, 0.05) is 24.1 Å². The second-order valence-electron chi connectivity index (χ2n) is 7.00. The number of amidine groups is 1. The molecule has 26 heavy (non-hydrogen) atoms. The summed E-state index contributed by atoms with van der Waals surface area (Å²) < 4.78 is 0. The first-order valence-corrected chi connectivity index (χ1v) is 9.63. The highest BCUT2D eigenvalue weighted by atomic mass is 15.3. The van der Waals surface area contributed by atoms with E-state index in [0.29, 0.717) is 0 Å². The SMILES string of the molecule is c1ccc(C2=NNC(=NCCN3CCCCC3)Cc3ccccc32)cc1. The number of aliphatic imine (C=N–C) groups is 1. The number of benzene rings is 2. The number of hydrogen-bond acceptors (Lipinski definition) is 3. The zero-order chi connectivity index (χ0) is 17.6. The maximum absolute atomic E-state index is 4.82. The Hall–Kier alpha value is -2.46. The van der Waals surface area contributed by atoms with Gasteiger partial charge in [0.2, 0.25) is 0 Å². The molecular weight excluding hydrogens is 320 g/mol. The Bertz CT molecular complexity index is 789. The normalized spacial score (nSPS) is 19.4.